The number of anilines is 1. The fourth-order valence-electron chi connectivity index (χ4n) is 3.23. The van der Waals surface area contributed by atoms with Crippen LogP contribution in [0.5, 0.6) is 0 Å². The molecule has 0 aromatic heterocycles. The smallest absolute Gasteiger partial charge is 0.227 e. The number of carbonyl (C=O) groups is 1. The van der Waals surface area contributed by atoms with Gasteiger partial charge in [-0.1, -0.05) is 25.0 Å². The molecule has 0 spiro atoms. The van der Waals surface area contributed by atoms with Crippen molar-refractivity contribution in [1.29, 1.82) is 0 Å². The van der Waals surface area contributed by atoms with Crippen LogP contribution in [0.15, 0.2) is 24.3 Å². The maximum absolute atomic E-state index is 12.2. The summed E-state index contributed by atoms with van der Waals surface area (Å²) in [4.78, 5) is 14.5. The number of nitrogens with one attached hydrogen (secondary N) is 1. The highest BCUT2D eigenvalue weighted by Gasteiger charge is 2.23. The second-order valence-corrected chi connectivity index (χ2v) is 6.22. The summed E-state index contributed by atoms with van der Waals surface area (Å²) < 4.78 is 5.84. The van der Waals surface area contributed by atoms with Crippen LogP contribution in [0.4, 0.5) is 5.69 Å². The maximum atomic E-state index is 12.2. The minimum absolute atomic E-state index is 0.104. The van der Waals surface area contributed by atoms with Crippen molar-refractivity contribution in [2.45, 2.75) is 31.8 Å². The molecule has 114 valence electrons. The standard InChI is InChI=1S/C17H24N2O2/c1-19-9-10-21-16(12-19)14-7-4-8-15(11-14)18-17(20)13-5-2-3-6-13/h4,7-8,11,13,16H,2-3,5-6,9-10,12H2,1H3,(H,18,20). The monoisotopic (exact) mass is 288 g/mol. The first kappa shape index (κ1) is 14.5. The molecule has 1 unspecified atom stereocenters. The van der Waals surface area contributed by atoms with Crippen LogP contribution in [0.3, 0.4) is 0 Å². The molecule has 2 fully saturated rings. The molecule has 4 nitrogen and oxygen atoms in total. The minimum Gasteiger partial charge on any atom is -0.371 e. The van der Waals surface area contributed by atoms with Crippen molar-refractivity contribution < 1.29 is 9.53 Å². The number of carbonyl (C=O) groups excluding carboxylic acids is 1. The van der Waals surface area contributed by atoms with E-state index in [9.17, 15) is 4.79 Å². The molecule has 1 amide bonds. The van der Waals surface area contributed by atoms with Crippen LogP contribution in [0, 0.1) is 5.92 Å². The minimum atomic E-state index is 0.104. The molecule has 1 aromatic rings. The molecule has 1 aromatic carbocycles. The normalized spacial score (nSPS) is 24.1. The highest BCUT2D eigenvalue weighted by atomic mass is 16.5. The van der Waals surface area contributed by atoms with E-state index in [0.29, 0.717) is 0 Å². The molecule has 21 heavy (non-hydrogen) atoms. The van der Waals surface area contributed by atoms with Gasteiger partial charge in [0.1, 0.15) is 0 Å². The number of amides is 1. The fraction of sp³-hybridized carbons (Fsp3) is 0.588. The van der Waals surface area contributed by atoms with Gasteiger partial charge < -0.3 is 15.0 Å². The number of rotatable bonds is 3. The van der Waals surface area contributed by atoms with Gasteiger partial charge in [-0.2, -0.15) is 0 Å². The summed E-state index contributed by atoms with van der Waals surface area (Å²) in [6.45, 7) is 2.65. The molecule has 2 aliphatic rings. The number of benzene rings is 1. The lowest BCUT2D eigenvalue weighted by Gasteiger charge is -2.30. The van der Waals surface area contributed by atoms with E-state index in [-0.39, 0.29) is 17.9 Å². The van der Waals surface area contributed by atoms with Crippen molar-refractivity contribution in [3.63, 3.8) is 0 Å². The Bertz CT molecular complexity index is 497. The van der Waals surface area contributed by atoms with E-state index in [1.807, 2.05) is 12.1 Å². The third-order valence-corrected chi connectivity index (χ3v) is 4.52. The lowest BCUT2D eigenvalue weighted by atomic mass is 10.1. The highest BCUT2D eigenvalue weighted by Crippen LogP contribution is 2.27. The molecule has 3 rings (SSSR count). The SMILES string of the molecule is CN1CCOC(c2cccc(NC(=O)C3CCCC3)c2)C1. The zero-order valence-electron chi connectivity index (χ0n) is 12.7. The van der Waals surface area contributed by atoms with Gasteiger partial charge in [0.2, 0.25) is 5.91 Å². The molecular weight excluding hydrogens is 264 g/mol. The molecule has 4 heteroatoms. The molecule has 1 saturated carbocycles. The molecule has 1 atom stereocenters. The number of ether oxygens (including phenoxy) is 1. The van der Waals surface area contributed by atoms with Crippen molar-refractivity contribution in [2.24, 2.45) is 5.92 Å². The molecular formula is C17H24N2O2. The van der Waals surface area contributed by atoms with E-state index < -0.39 is 0 Å². The summed E-state index contributed by atoms with van der Waals surface area (Å²) in [7, 11) is 2.11. The van der Waals surface area contributed by atoms with Crippen LogP contribution in [-0.4, -0.2) is 37.6 Å². The third kappa shape index (κ3) is 3.63. The Kier molecular flexibility index (Phi) is 4.56. The number of morpholine rings is 1. The van der Waals surface area contributed by atoms with Gasteiger partial charge >= 0.3 is 0 Å². The first-order valence-corrected chi connectivity index (χ1v) is 7.93. The topological polar surface area (TPSA) is 41.6 Å². The van der Waals surface area contributed by atoms with Crippen molar-refractivity contribution in [2.75, 3.05) is 32.1 Å². The Labute approximate surface area is 126 Å². The van der Waals surface area contributed by atoms with Crippen LogP contribution in [-0.2, 0) is 9.53 Å². The second kappa shape index (κ2) is 6.58. The second-order valence-electron chi connectivity index (χ2n) is 6.22. The largest absolute Gasteiger partial charge is 0.371 e. The summed E-state index contributed by atoms with van der Waals surface area (Å²) in [5.41, 5.74) is 2.03. The maximum Gasteiger partial charge on any atom is 0.227 e. The predicted octanol–water partition coefficient (Wildman–Crippen LogP) is 2.82. The molecule has 1 heterocycles. The zero-order chi connectivity index (χ0) is 14.7. The van der Waals surface area contributed by atoms with Gasteiger partial charge in [0.25, 0.3) is 0 Å². The lowest BCUT2D eigenvalue weighted by Crippen LogP contribution is -2.35. The Morgan fingerprint density at radius 3 is 2.90 bits per heavy atom. The van der Waals surface area contributed by atoms with E-state index in [4.69, 9.17) is 4.74 Å². The summed E-state index contributed by atoms with van der Waals surface area (Å²) in [6, 6.07) is 8.09. The average molecular weight is 288 g/mol. The number of hydrogen-bond acceptors (Lipinski definition) is 3. The Balaban J connectivity index is 1.66. The van der Waals surface area contributed by atoms with Crippen LogP contribution >= 0.6 is 0 Å². The number of nitrogens with zero attached hydrogens (tertiary/aromatic N) is 1. The van der Waals surface area contributed by atoms with Gasteiger partial charge in [-0.3, -0.25) is 4.79 Å². The van der Waals surface area contributed by atoms with Crippen molar-refractivity contribution in [1.82, 2.24) is 4.90 Å². The van der Waals surface area contributed by atoms with E-state index in [2.05, 4.69) is 29.4 Å². The first-order valence-electron chi connectivity index (χ1n) is 7.93. The summed E-state index contributed by atoms with van der Waals surface area (Å²) in [5.74, 6) is 0.372. The number of likely N-dealkylation sites (N-methyl/N-ethyl adjacent to an activating group) is 1. The number of hydrogen-bond donors (Lipinski definition) is 1. The van der Waals surface area contributed by atoms with Gasteiger partial charge in [0.05, 0.1) is 12.7 Å². The van der Waals surface area contributed by atoms with Crippen molar-refractivity contribution >= 4 is 11.6 Å². The molecule has 1 saturated heterocycles. The molecule has 1 N–H and O–H groups in total. The van der Waals surface area contributed by atoms with Gasteiger partial charge in [0, 0.05) is 24.7 Å². The Hall–Kier alpha value is -1.39. The van der Waals surface area contributed by atoms with Gasteiger partial charge in [-0.05, 0) is 37.6 Å². The quantitative estimate of drug-likeness (QED) is 0.930. The fourth-order valence-corrected chi connectivity index (χ4v) is 3.23. The van der Waals surface area contributed by atoms with E-state index >= 15 is 0 Å². The summed E-state index contributed by atoms with van der Waals surface area (Å²) in [5, 5.41) is 3.07. The first-order chi connectivity index (χ1) is 10.2. The molecule has 0 bridgehead atoms. The van der Waals surface area contributed by atoms with Gasteiger partial charge in [-0.15, -0.1) is 0 Å². The average Bonchev–Trinajstić information content (AvgIpc) is 3.02. The van der Waals surface area contributed by atoms with Crippen LogP contribution in [0.2, 0.25) is 0 Å². The van der Waals surface area contributed by atoms with E-state index in [1.54, 1.807) is 0 Å². The van der Waals surface area contributed by atoms with Gasteiger partial charge in [-0.25, -0.2) is 0 Å². The third-order valence-electron chi connectivity index (χ3n) is 4.52. The van der Waals surface area contributed by atoms with Crippen LogP contribution in [0.25, 0.3) is 0 Å². The summed E-state index contributed by atoms with van der Waals surface area (Å²) >= 11 is 0. The van der Waals surface area contributed by atoms with Crippen LogP contribution < -0.4 is 5.32 Å². The van der Waals surface area contributed by atoms with Crippen LogP contribution in [0.1, 0.15) is 37.4 Å². The lowest BCUT2D eigenvalue weighted by molar-refractivity contribution is -0.119. The summed E-state index contributed by atoms with van der Waals surface area (Å²) in [6.07, 6.45) is 4.53. The van der Waals surface area contributed by atoms with Crippen molar-refractivity contribution in [3.05, 3.63) is 29.8 Å². The molecule has 1 aliphatic carbocycles. The molecule has 0 radical (unpaired) electrons. The zero-order valence-corrected chi connectivity index (χ0v) is 12.7. The van der Waals surface area contributed by atoms with E-state index in [1.165, 1.54) is 12.8 Å². The molecule has 1 aliphatic heterocycles. The highest BCUT2D eigenvalue weighted by molar-refractivity contribution is 5.92. The van der Waals surface area contributed by atoms with Gasteiger partial charge in [0.15, 0.2) is 0 Å². The van der Waals surface area contributed by atoms with E-state index in [0.717, 1.165) is 43.8 Å². The Morgan fingerprint density at radius 1 is 1.33 bits per heavy atom. The predicted molar refractivity (Wildman–Crippen MR) is 83.2 cm³/mol. The van der Waals surface area contributed by atoms with Crippen molar-refractivity contribution in [3.8, 4) is 0 Å². The Morgan fingerprint density at radius 2 is 2.14 bits per heavy atom.